The molecule has 0 amide bonds. The van der Waals surface area contributed by atoms with E-state index in [1.165, 1.54) is 12.1 Å². The van der Waals surface area contributed by atoms with Gasteiger partial charge in [0.25, 0.3) is 0 Å². The molecule has 0 spiro atoms. The van der Waals surface area contributed by atoms with Crippen molar-refractivity contribution in [3.8, 4) is 0 Å². The van der Waals surface area contributed by atoms with E-state index in [1.54, 1.807) is 18.2 Å². The van der Waals surface area contributed by atoms with Gasteiger partial charge in [-0.3, -0.25) is 0 Å². The molecule has 0 aromatic heterocycles. The van der Waals surface area contributed by atoms with Crippen molar-refractivity contribution in [1.29, 1.82) is 0 Å². The molecule has 0 aliphatic carbocycles. The molecule has 100 valence electrons. The summed E-state index contributed by atoms with van der Waals surface area (Å²) in [6.07, 6.45) is -0.357. The van der Waals surface area contributed by atoms with E-state index in [-0.39, 0.29) is 5.82 Å². The van der Waals surface area contributed by atoms with E-state index in [0.717, 1.165) is 16.7 Å². The lowest BCUT2D eigenvalue weighted by Crippen LogP contribution is -2.04. The summed E-state index contributed by atoms with van der Waals surface area (Å²) in [6.45, 7) is 1.91. The first-order valence-corrected chi connectivity index (χ1v) is 7.02. The Labute approximate surface area is 125 Å². The number of aliphatic hydroxyl groups excluding tert-OH is 1. The minimum absolute atomic E-state index is 0.320. The number of halogens is 3. The maximum absolute atomic E-state index is 13.3. The molecule has 1 nitrogen and oxygen atoms in total. The van der Waals surface area contributed by atoms with Gasteiger partial charge in [0.05, 0.1) is 6.10 Å². The monoisotopic (exact) mass is 342 g/mol. The molecular formula is C15H13BrClFO. The van der Waals surface area contributed by atoms with E-state index >= 15 is 0 Å². The summed E-state index contributed by atoms with van der Waals surface area (Å²) in [7, 11) is 0. The molecule has 0 bridgehead atoms. The molecule has 19 heavy (non-hydrogen) atoms. The van der Waals surface area contributed by atoms with Gasteiger partial charge in [-0.15, -0.1) is 0 Å². The summed E-state index contributed by atoms with van der Waals surface area (Å²) in [5.41, 5.74) is 2.47. The van der Waals surface area contributed by atoms with E-state index in [9.17, 15) is 9.50 Å². The zero-order valence-corrected chi connectivity index (χ0v) is 12.7. The summed E-state index contributed by atoms with van der Waals surface area (Å²) in [5.74, 6) is -0.320. The smallest absolute Gasteiger partial charge is 0.124 e. The van der Waals surface area contributed by atoms with Crippen LogP contribution in [0.15, 0.2) is 40.9 Å². The first kappa shape index (κ1) is 14.5. The van der Waals surface area contributed by atoms with Gasteiger partial charge >= 0.3 is 0 Å². The lowest BCUT2D eigenvalue weighted by atomic mass is 9.98. The first-order chi connectivity index (χ1) is 8.95. The molecular weight excluding hydrogens is 331 g/mol. The molecule has 1 unspecified atom stereocenters. The second-order valence-electron chi connectivity index (χ2n) is 4.50. The molecule has 1 N–H and O–H groups in total. The van der Waals surface area contributed by atoms with E-state index in [2.05, 4.69) is 15.9 Å². The quantitative estimate of drug-likeness (QED) is 0.846. The summed E-state index contributed by atoms with van der Waals surface area (Å²) in [4.78, 5) is 0. The van der Waals surface area contributed by atoms with Gasteiger partial charge in [-0.2, -0.15) is 0 Å². The highest BCUT2D eigenvalue weighted by molar-refractivity contribution is 9.10. The van der Waals surface area contributed by atoms with Crippen molar-refractivity contribution in [2.45, 2.75) is 19.4 Å². The number of rotatable bonds is 3. The van der Waals surface area contributed by atoms with Crippen molar-refractivity contribution in [1.82, 2.24) is 0 Å². The van der Waals surface area contributed by atoms with Gasteiger partial charge in [-0.25, -0.2) is 4.39 Å². The van der Waals surface area contributed by atoms with Crippen LogP contribution in [0.3, 0.4) is 0 Å². The average Bonchev–Trinajstić information content (AvgIpc) is 2.30. The molecule has 1 atom stereocenters. The minimum Gasteiger partial charge on any atom is -0.388 e. The molecule has 0 saturated carbocycles. The summed E-state index contributed by atoms with van der Waals surface area (Å²) >= 11 is 9.18. The summed E-state index contributed by atoms with van der Waals surface area (Å²) < 4.78 is 14.0. The van der Waals surface area contributed by atoms with Gasteiger partial charge in [-0.05, 0) is 53.9 Å². The Morgan fingerprint density at radius 3 is 2.68 bits per heavy atom. The number of benzene rings is 2. The van der Waals surface area contributed by atoms with Crippen LogP contribution in [0.5, 0.6) is 0 Å². The Morgan fingerprint density at radius 2 is 2.00 bits per heavy atom. The fraction of sp³-hybridized carbons (Fsp3) is 0.200. The Hall–Kier alpha value is -0.900. The molecule has 2 aromatic rings. The molecule has 0 aliphatic heterocycles. The van der Waals surface area contributed by atoms with Gasteiger partial charge in [-0.1, -0.05) is 33.6 Å². The van der Waals surface area contributed by atoms with Gasteiger partial charge in [0, 0.05) is 15.9 Å². The second kappa shape index (κ2) is 6.04. The molecule has 4 heteroatoms. The SMILES string of the molecule is Cc1ccc(Cl)cc1C(O)Cc1cc(F)cc(Br)c1. The molecule has 2 aromatic carbocycles. The molecule has 0 aliphatic rings. The van der Waals surface area contributed by atoms with Crippen molar-refractivity contribution < 1.29 is 9.50 Å². The van der Waals surface area contributed by atoms with Crippen LogP contribution in [0.4, 0.5) is 4.39 Å². The molecule has 0 heterocycles. The van der Waals surface area contributed by atoms with Crippen LogP contribution in [-0.2, 0) is 6.42 Å². The number of hydrogen-bond acceptors (Lipinski definition) is 1. The van der Waals surface area contributed by atoms with Crippen molar-refractivity contribution >= 4 is 27.5 Å². The predicted molar refractivity (Wildman–Crippen MR) is 79.0 cm³/mol. The molecule has 0 radical (unpaired) electrons. The highest BCUT2D eigenvalue weighted by Gasteiger charge is 2.13. The Kier molecular flexibility index (Phi) is 4.61. The zero-order valence-electron chi connectivity index (χ0n) is 10.3. The normalized spacial score (nSPS) is 12.5. The second-order valence-corrected chi connectivity index (χ2v) is 5.85. The lowest BCUT2D eigenvalue weighted by Gasteiger charge is -2.14. The van der Waals surface area contributed by atoms with Gasteiger partial charge in [0.15, 0.2) is 0 Å². The van der Waals surface area contributed by atoms with E-state index < -0.39 is 6.10 Å². The fourth-order valence-electron chi connectivity index (χ4n) is 2.03. The Bertz CT molecular complexity index is 580. The molecule has 0 saturated heterocycles. The van der Waals surface area contributed by atoms with Crippen LogP contribution in [0.2, 0.25) is 5.02 Å². The summed E-state index contributed by atoms with van der Waals surface area (Å²) in [6, 6.07) is 10.0. The summed E-state index contributed by atoms with van der Waals surface area (Å²) in [5, 5.41) is 10.8. The minimum atomic E-state index is -0.701. The Balaban J connectivity index is 2.25. The van der Waals surface area contributed by atoms with Crippen molar-refractivity contribution in [2.75, 3.05) is 0 Å². The topological polar surface area (TPSA) is 20.2 Å². The highest BCUT2D eigenvalue weighted by Crippen LogP contribution is 2.26. The standard InChI is InChI=1S/C15H13BrClFO/c1-9-2-3-12(17)8-14(9)15(19)6-10-4-11(16)7-13(18)5-10/h2-5,7-8,15,19H,6H2,1H3. The molecule has 2 rings (SSSR count). The van der Waals surface area contributed by atoms with Crippen LogP contribution >= 0.6 is 27.5 Å². The number of hydrogen-bond donors (Lipinski definition) is 1. The molecule has 0 fully saturated rings. The van der Waals surface area contributed by atoms with Gasteiger partial charge < -0.3 is 5.11 Å². The maximum atomic E-state index is 13.3. The fourth-order valence-corrected chi connectivity index (χ4v) is 2.73. The third-order valence-electron chi connectivity index (χ3n) is 2.95. The van der Waals surface area contributed by atoms with Crippen LogP contribution in [0, 0.1) is 12.7 Å². The third-order valence-corrected chi connectivity index (χ3v) is 3.64. The average molecular weight is 344 g/mol. The van der Waals surface area contributed by atoms with E-state index in [0.29, 0.717) is 15.9 Å². The largest absolute Gasteiger partial charge is 0.388 e. The van der Waals surface area contributed by atoms with Crippen LogP contribution in [-0.4, -0.2) is 5.11 Å². The zero-order chi connectivity index (χ0) is 14.0. The highest BCUT2D eigenvalue weighted by atomic mass is 79.9. The predicted octanol–water partition coefficient (Wildman–Crippen LogP) is 4.83. The van der Waals surface area contributed by atoms with Crippen molar-refractivity contribution in [3.05, 3.63) is 68.4 Å². The van der Waals surface area contributed by atoms with Crippen LogP contribution < -0.4 is 0 Å². The lowest BCUT2D eigenvalue weighted by molar-refractivity contribution is 0.177. The first-order valence-electron chi connectivity index (χ1n) is 5.85. The van der Waals surface area contributed by atoms with E-state index in [4.69, 9.17) is 11.6 Å². The number of aliphatic hydroxyl groups is 1. The Morgan fingerprint density at radius 1 is 1.26 bits per heavy atom. The van der Waals surface area contributed by atoms with Crippen molar-refractivity contribution in [2.24, 2.45) is 0 Å². The van der Waals surface area contributed by atoms with Crippen LogP contribution in [0.1, 0.15) is 22.8 Å². The third kappa shape index (κ3) is 3.78. The number of aryl methyl sites for hydroxylation is 1. The van der Waals surface area contributed by atoms with Gasteiger partial charge in [0.2, 0.25) is 0 Å². The van der Waals surface area contributed by atoms with Gasteiger partial charge in [0.1, 0.15) is 5.82 Å². The van der Waals surface area contributed by atoms with Crippen molar-refractivity contribution in [3.63, 3.8) is 0 Å². The van der Waals surface area contributed by atoms with E-state index in [1.807, 2.05) is 13.0 Å². The maximum Gasteiger partial charge on any atom is 0.124 e. The van der Waals surface area contributed by atoms with Crippen LogP contribution in [0.25, 0.3) is 0 Å².